The molecule has 0 N–H and O–H groups in total. The van der Waals surface area contributed by atoms with Crippen LogP contribution in [0.1, 0.15) is 17.0 Å². The fraction of sp³-hybridized carbons (Fsp3) is 0.167. The summed E-state index contributed by atoms with van der Waals surface area (Å²) in [5.41, 5.74) is 2.03. The summed E-state index contributed by atoms with van der Waals surface area (Å²) >= 11 is 19.1. The summed E-state index contributed by atoms with van der Waals surface area (Å²) in [5.74, 6) is 0.148. The van der Waals surface area contributed by atoms with Gasteiger partial charge < -0.3 is 4.57 Å². The maximum atomic E-state index is 6.41. The van der Waals surface area contributed by atoms with Crippen LogP contribution in [-0.4, -0.2) is 9.55 Å². The highest BCUT2D eigenvalue weighted by molar-refractivity contribution is 6.36. The summed E-state index contributed by atoms with van der Waals surface area (Å²) in [6.45, 7) is 0.755. The van der Waals surface area contributed by atoms with Crippen LogP contribution in [-0.2, 0) is 13.0 Å². The van der Waals surface area contributed by atoms with Crippen LogP contribution in [0, 0.1) is 0 Å². The second-order valence-corrected chi connectivity index (χ2v) is 6.60. The molecule has 0 aliphatic carbocycles. The predicted molar refractivity (Wildman–Crippen MR) is 96.6 cm³/mol. The van der Waals surface area contributed by atoms with E-state index < -0.39 is 0 Å². The topological polar surface area (TPSA) is 17.8 Å². The van der Waals surface area contributed by atoms with E-state index in [9.17, 15) is 0 Å². The Kier molecular flexibility index (Phi) is 5.27. The first-order chi connectivity index (χ1) is 11.1. The van der Waals surface area contributed by atoms with Crippen LogP contribution in [0.4, 0.5) is 0 Å². The van der Waals surface area contributed by atoms with Crippen LogP contribution in [0.3, 0.4) is 0 Å². The molecule has 1 heterocycles. The number of nitrogens with zero attached hydrogens (tertiary/aromatic N) is 2. The van der Waals surface area contributed by atoms with Crippen molar-refractivity contribution in [2.24, 2.45) is 0 Å². The molecule has 2 aromatic carbocycles. The van der Waals surface area contributed by atoms with Crippen molar-refractivity contribution in [3.05, 3.63) is 87.4 Å². The van der Waals surface area contributed by atoms with Crippen molar-refractivity contribution in [3.8, 4) is 0 Å². The number of hydrogen-bond acceptors (Lipinski definition) is 1. The third-order valence-corrected chi connectivity index (χ3v) is 4.90. The van der Waals surface area contributed by atoms with Crippen molar-refractivity contribution < 1.29 is 0 Å². The first kappa shape index (κ1) is 16.4. The highest BCUT2D eigenvalue weighted by Crippen LogP contribution is 2.34. The number of halogens is 3. The SMILES string of the molecule is Clc1ccccc1[C@@H](Cc1c(Cl)cccc1Cl)Cn1ccnc1. The molecule has 1 aromatic heterocycles. The number of rotatable bonds is 5. The molecule has 5 heteroatoms. The van der Waals surface area contributed by atoms with Gasteiger partial charge in [-0.3, -0.25) is 0 Å². The van der Waals surface area contributed by atoms with Gasteiger partial charge in [-0.2, -0.15) is 0 Å². The van der Waals surface area contributed by atoms with E-state index in [1.165, 1.54) is 0 Å². The van der Waals surface area contributed by atoms with Gasteiger partial charge in [-0.05, 0) is 35.7 Å². The quantitative estimate of drug-likeness (QED) is 0.553. The Balaban J connectivity index is 1.97. The Morgan fingerprint density at radius 3 is 2.26 bits per heavy atom. The second kappa shape index (κ2) is 7.39. The number of hydrogen-bond donors (Lipinski definition) is 0. The van der Waals surface area contributed by atoms with E-state index >= 15 is 0 Å². The summed E-state index contributed by atoms with van der Waals surface area (Å²) in [6.07, 6.45) is 6.22. The fourth-order valence-electron chi connectivity index (χ4n) is 2.70. The second-order valence-electron chi connectivity index (χ2n) is 5.38. The van der Waals surface area contributed by atoms with Gasteiger partial charge in [-0.25, -0.2) is 4.98 Å². The smallest absolute Gasteiger partial charge is 0.0946 e. The zero-order valence-corrected chi connectivity index (χ0v) is 14.6. The molecule has 0 saturated carbocycles. The number of benzene rings is 2. The lowest BCUT2D eigenvalue weighted by Crippen LogP contribution is -2.12. The molecule has 2 nitrogen and oxygen atoms in total. The maximum absolute atomic E-state index is 6.41. The van der Waals surface area contributed by atoms with Gasteiger partial charge >= 0.3 is 0 Å². The molecule has 0 aliphatic rings. The first-order valence-electron chi connectivity index (χ1n) is 7.28. The minimum Gasteiger partial charge on any atom is -0.337 e. The largest absolute Gasteiger partial charge is 0.337 e. The Labute approximate surface area is 150 Å². The van der Waals surface area contributed by atoms with Gasteiger partial charge in [0.05, 0.1) is 6.33 Å². The lowest BCUT2D eigenvalue weighted by Gasteiger charge is -2.20. The Bertz CT molecular complexity index is 764. The molecule has 0 fully saturated rings. The van der Waals surface area contributed by atoms with Crippen molar-refractivity contribution in [2.45, 2.75) is 18.9 Å². The van der Waals surface area contributed by atoms with Crippen LogP contribution in [0.5, 0.6) is 0 Å². The Hall–Kier alpha value is -1.48. The minimum absolute atomic E-state index is 0.148. The fourth-order valence-corrected chi connectivity index (χ4v) is 3.54. The lowest BCUT2D eigenvalue weighted by atomic mass is 9.91. The molecule has 3 aromatic rings. The van der Waals surface area contributed by atoms with Crippen molar-refractivity contribution in [1.29, 1.82) is 0 Å². The van der Waals surface area contributed by atoms with E-state index in [1.54, 1.807) is 12.5 Å². The molecular weight excluding hydrogens is 351 g/mol. The predicted octanol–water partition coefficient (Wildman–Crippen LogP) is 5.87. The highest BCUT2D eigenvalue weighted by atomic mass is 35.5. The molecule has 1 atom stereocenters. The van der Waals surface area contributed by atoms with Crippen LogP contribution in [0.15, 0.2) is 61.2 Å². The van der Waals surface area contributed by atoms with E-state index in [0.29, 0.717) is 16.5 Å². The third kappa shape index (κ3) is 3.89. The van der Waals surface area contributed by atoms with Gasteiger partial charge in [-0.15, -0.1) is 0 Å². The monoisotopic (exact) mass is 364 g/mol. The van der Waals surface area contributed by atoms with Gasteiger partial charge in [0.1, 0.15) is 0 Å². The van der Waals surface area contributed by atoms with E-state index in [-0.39, 0.29) is 5.92 Å². The zero-order chi connectivity index (χ0) is 16.2. The molecule has 0 radical (unpaired) electrons. The summed E-state index contributed by atoms with van der Waals surface area (Å²) in [4.78, 5) is 4.11. The van der Waals surface area contributed by atoms with E-state index in [4.69, 9.17) is 34.8 Å². The van der Waals surface area contributed by atoms with Crippen LogP contribution in [0.2, 0.25) is 15.1 Å². The average molecular weight is 366 g/mol. The minimum atomic E-state index is 0.148. The molecule has 0 amide bonds. The van der Waals surface area contributed by atoms with Crippen molar-refractivity contribution >= 4 is 34.8 Å². The summed E-state index contributed by atoms with van der Waals surface area (Å²) in [7, 11) is 0. The van der Waals surface area contributed by atoms with Gasteiger partial charge in [0.2, 0.25) is 0 Å². The Morgan fingerprint density at radius 1 is 0.913 bits per heavy atom. The van der Waals surface area contributed by atoms with Gasteiger partial charge in [0.25, 0.3) is 0 Å². The third-order valence-electron chi connectivity index (χ3n) is 3.85. The van der Waals surface area contributed by atoms with Gasteiger partial charge in [0.15, 0.2) is 0 Å². The first-order valence-corrected chi connectivity index (χ1v) is 8.41. The molecule has 0 bridgehead atoms. The zero-order valence-electron chi connectivity index (χ0n) is 12.3. The molecule has 0 spiro atoms. The van der Waals surface area contributed by atoms with E-state index in [0.717, 1.165) is 22.7 Å². The average Bonchev–Trinajstić information content (AvgIpc) is 3.03. The van der Waals surface area contributed by atoms with Crippen LogP contribution in [0.25, 0.3) is 0 Å². The molecular formula is C18H15Cl3N2. The lowest BCUT2D eigenvalue weighted by molar-refractivity contribution is 0.556. The van der Waals surface area contributed by atoms with Gasteiger partial charge in [-0.1, -0.05) is 59.1 Å². The van der Waals surface area contributed by atoms with Crippen molar-refractivity contribution in [2.75, 3.05) is 0 Å². The summed E-state index contributed by atoms with van der Waals surface area (Å²) < 4.78 is 2.04. The summed E-state index contributed by atoms with van der Waals surface area (Å²) in [6, 6.07) is 13.5. The van der Waals surface area contributed by atoms with Gasteiger partial charge in [0, 0.05) is 39.9 Å². The van der Waals surface area contributed by atoms with Crippen LogP contribution < -0.4 is 0 Å². The molecule has 0 unspecified atom stereocenters. The Morgan fingerprint density at radius 2 is 1.61 bits per heavy atom. The van der Waals surface area contributed by atoms with Crippen LogP contribution >= 0.6 is 34.8 Å². The normalized spacial score (nSPS) is 12.3. The highest BCUT2D eigenvalue weighted by Gasteiger charge is 2.19. The molecule has 118 valence electrons. The van der Waals surface area contributed by atoms with Crippen molar-refractivity contribution in [3.63, 3.8) is 0 Å². The number of aromatic nitrogens is 2. The molecule has 0 aliphatic heterocycles. The standard InChI is InChI=1S/C18H15Cl3N2/c19-16-5-2-1-4-14(16)13(11-23-9-8-22-12-23)10-15-17(20)6-3-7-18(15)21/h1-9,12-13H,10-11H2/t13-/m0/s1. The van der Waals surface area contributed by atoms with Crippen molar-refractivity contribution in [1.82, 2.24) is 9.55 Å². The summed E-state index contributed by atoms with van der Waals surface area (Å²) in [5, 5.41) is 2.11. The molecule has 3 rings (SSSR count). The maximum Gasteiger partial charge on any atom is 0.0946 e. The molecule has 0 saturated heterocycles. The number of imidazole rings is 1. The van der Waals surface area contributed by atoms with E-state index in [2.05, 4.69) is 11.1 Å². The molecule has 23 heavy (non-hydrogen) atoms. The van der Waals surface area contributed by atoms with E-state index in [1.807, 2.05) is 47.2 Å².